The average Bonchev–Trinajstić information content (AvgIpc) is 3.07. The van der Waals surface area contributed by atoms with Crippen molar-refractivity contribution in [3.63, 3.8) is 0 Å². The van der Waals surface area contributed by atoms with E-state index >= 15 is 0 Å². The van der Waals surface area contributed by atoms with Gasteiger partial charge in [-0.3, -0.25) is 4.79 Å². The zero-order valence-corrected chi connectivity index (χ0v) is 13.9. The van der Waals surface area contributed by atoms with E-state index in [1.807, 2.05) is 0 Å². The lowest BCUT2D eigenvalue weighted by molar-refractivity contribution is -0.119. The number of fused-ring (bicyclic) bond motifs is 1. The molecule has 0 atom stereocenters. The van der Waals surface area contributed by atoms with Gasteiger partial charge in [0.1, 0.15) is 11.3 Å². The second-order valence-corrected chi connectivity index (χ2v) is 5.42. The Morgan fingerprint density at radius 1 is 1.24 bits per heavy atom. The number of nitrogens with zero attached hydrogens (tertiary/aromatic N) is 1. The van der Waals surface area contributed by atoms with Gasteiger partial charge < -0.3 is 19.2 Å². The molecular formula is C17H13ClN2O5. The minimum absolute atomic E-state index is 0.268. The minimum Gasteiger partial charge on any atom is -0.495 e. The van der Waals surface area contributed by atoms with E-state index in [1.165, 1.54) is 25.6 Å². The number of carbonyl (C=O) groups excluding carboxylic acids is 2. The molecule has 0 saturated heterocycles. The fourth-order valence-electron chi connectivity index (χ4n) is 2.14. The van der Waals surface area contributed by atoms with Crippen LogP contribution in [0.3, 0.4) is 0 Å². The van der Waals surface area contributed by atoms with Gasteiger partial charge in [-0.25, -0.2) is 9.78 Å². The number of halogens is 1. The van der Waals surface area contributed by atoms with Gasteiger partial charge in [0.25, 0.3) is 5.91 Å². The van der Waals surface area contributed by atoms with Crippen molar-refractivity contribution in [2.45, 2.75) is 0 Å². The maximum absolute atomic E-state index is 12.0. The third-order valence-electron chi connectivity index (χ3n) is 3.34. The Morgan fingerprint density at radius 3 is 2.84 bits per heavy atom. The molecule has 0 aliphatic heterocycles. The van der Waals surface area contributed by atoms with Crippen LogP contribution in [0.1, 0.15) is 10.4 Å². The Bertz CT molecular complexity index is 938. The summed E-state index contributed by atoms with van der Waals surface area (Å²) in [6.45, 7) is -0.434. The number of ether oxygens (including phenoxy) is 2. The first-order valence-electron chi connectivity index (χ1n) is 7.20. The van der Waals surface area contributed by atoms with Crippen LogP contribution in [0, 0.1) is 0 Å². The summed E-state index contributed by atoms with van der Waals surface area (Å²) in [4.78, 5) is 27.9. The number of hydrogen-bond acceptors (Lipinski definition) is 6. The Morgan fingerprint density at radius 2 is 2.08 bits per heavy atom. The largest absolute Gasteiger partial charge is 0.495 e. The molecule has 8 heteroatoms. The Kier molecular flexibility index (Phi) is 4.85. The summed E-state index contributed by atoms with van der Waals surface area (Å²) < 4.78 is 15.1. The van der Waals surface area contributed by atoms with Crippen molar-refractivity contribution < 1.29 is 23.5 Å². The van der Waals surface area contributed by atoms with E-state index in [-0.39, 0.29) is 5.56 Å². The van der Waals surface area contributed by atoms with E-state index < -0.39 is 18.5 Å². The van der Waals surface area contributed by atoms with Crippen LogP contribution in [0.2, 0.25) is 5.02 Å². The summed E-state index contributed by atoms with van der Waals surface area (Å²) in [5, 5.41) is 2.94. The van der Waals surface area contributed by atoms with Gasteiger partial charge in [-0.2, -0.15) is 0 Å². The predicted molar refractivity (Wildman–Crippen MR) is 90.9 cm³/mol. The molecule has 7 nitrogen and oxygen atoms in total. The van der Waals surface area contributed by atoms with Crippen LogP contribution in [0.4, 0.5) is 5.69 Å². The Balaban J connectivity index is 1.58. The number of rotatable bonds is 5. The highest BCUT2D eigenvalue weighted by atomic mass is 35.5. The number of esters is 1. The van der Waals surface area contributed by atoms with Gasteiger partial charge in [0, 0.05) is 5.69 Å². The number of methoxy groups -OCH3 is 1. The van der Waals surface area contributed by atoms with E-state index in [9.17, 15) is 9.59 Å². The van der Waals surface area contributed by atoms with E-state index in [2.05, 4.69) is 10.3 Å². The quantitative estimate of drug-likeness (QED) is 0.702. The summed E-state index contributed by atoms with van der Waals surface area (Å²) in [6.07, 6.45) is 1.28. The Hall–Kier alpha value is -3.06. The van der Waals surface area contributed by atoms with Crippen molar-refractivity contribution >= 4 is 40.3 Å². The summed E-state index contributed by atoms with van der Waals surface area (Å²) in [5.74, 6) is -0.634. The lowest BCUT2D eigenvalue weighted by Gasteiger charge is -2.08. The molecule has 1 heterocycles. The molecule has 0 spiro atoms. The first kappa shape index (κ1) is 16.8. The zero-order valence-electron chi connectivity index (χ0n) is 13.1. The van der Waals surface area contributed by atoms with Crippen molar-refractivity contribution in [1.29, 1.82) is 0 Å². The fraction of sp³-hybridized carbons (Fsp3) is 0.118. The lowest BCUT2D eigenvalue weighted by atomic mass is 10.2. The molecule has 128 valence electrons. The number of amides is 1. The normalized spacial score (nSPS) is 10.5. The summed E-state index contributed by atoms with van der Waals surface area (Å²) in [7, 11) is 1.50. The third-order valence-corrected chi connectivity index (χ3v) is 3.63. The molecule has 0 aliphatic rings. The van der Waals surface area contributed by atoms with Gasteiger partial charge >= 0.3 is 5.97 Å². The molecule has 1 amide bonds. The molecule has 0 aliphatic carbocycles. The second-order valence-electron chi connectivity index (χ2n) is 5.01. The smallest absolute Gasteiger partial charge is 0.338 e. The highest BCUT2D eigenvalue weighted by Gasteiger charge is 2.13. The van der Waals surface area contributed by atoms with Gasteiger partial charge in [0.2, 0.25) is 0 Å². The van der Waals surface area contributed by atoms with Gasteiger partial charge in [-0.1, -0.05) is 11.6 Å². The van der Waals surface area contributed by atoms with Crippen molar-refractivity contribution in [2.24, 2.45) is 0 Å². The molecule has 3 rings (SSSR count). The summed E-state index contributed by atoms with van der Waals surface area (Å²) in [6, 6.07) is 9.48. The van der Waals surface area contributed by atoms with Crippen LogP contribution < -0.4 is 10.1 Å². The van der Waals surface area contributed by atoms with Crippen molar-refractivity contribution in [3.05, 3.63) is 53.4 Å². The molecule has 0 radical (unpaired) electrons. The van der Waals surface area contributed by atoms with Gasteiger partial charge in [0.15, 0.2) is 18.6 Å². The van der Waals surface area contributed by atoms with Crippen LogP contribution in [0.15, 0.2) is 47.2 Å². The van der Waals surface area contributed by atoms with Crippen molar-refractivity contribution in [1.82, 2.24) is 4.98 Å². The van der Waals surface area contributed by atoms with Crippen molar-refractivity contribution in [2.75, 3.05) is 19.0 Å². The SMILES string of the molecule is COc1ccc(NC(=O)COC(=O)c2ccc3ncoc3c2)cc1Cl. The van der Waals surface area contributed by atoms with Crippen LogP contribution in [0.25, 0.3) is 11.1 Å². The van der Waals surface area contributed by atoms with Gasteiger partial charge in [-0.15, -0.1) is 0 Å². The molecule has 0 saturated carbocycles. The molecule has 1 N–H and O–H groups in total. The zero-order chi connectivity index (χ0) is 17.8. The average molecular weight is 361 g/mol. The van der Waals surface area contributed by atoms with Crippen molar-refractivity contribution in [3.8, 4) is 5.75 Å². The number of nitrogens with one attached hydrogen (secondary N) is 1. The van der Waals surface area contributed by atoms with Crippen LogP contribution >= 0.6 is 11.6 Å². The Labute approximate surface area is 147 Å². The predicted octanol–water partition coefficient (Wildman–Crippen LogP) is 3.29. The maximum Gasteiger partial charge on any atom is 0.338 e. The van der Waals surface area contributed by atoms with Crippen LogP contribution in [-0.2, 0) is 9.53 Å². The second kappa shape index (κ2) is 7.23. The number of oxazole rings is 1. The first-order chi connectivity index (χ1) is 12.1. The number of carbonyl (C=O) groups is 2. The van der Waals surface area contributed by atoms with Crippen LogP contribution in [-0.4, -0.2) is 30.6 Å². The van der Waals surface area contributed by atoms with E-state index in [0.29, 0.717) is 27.6 Å². The molecule has 0 fully saturated rings. The number of benzene rings is 2. The van der Waals surface area contributed by atoms with E-state index in [0.717, 1.165) is 0 Å². The summed E-state index contributed by atoms with van der Waals surface area (Å²) in [5.41, 5.74) is 1.83. The molecule has 0 bridgehead atoms. The highest BCUT2D eigenvalue weighted by molar-refractivity contribution is 6.32. The molecule has 3 aromatic rings. The minimum atomic E-state index is -0.638. The molecule has 25 heavy (non-hydrogen) atoms. The van der Waals surface area contributed by atoms with Gasteiger partial charge in [0.05, 0.1) is 17.7 Å². The lowest BCUT2D eigenvalue weighted by Crippen LogP contribution is -2.20. The third kappa shape index (κ3) is 3.89. The number of hydrogen-bond donors (Lipinski definition) is 1. The molecule has 0 unspecified atom stereocenters. The van der Waals surface area contributed by atoms with E-state index in [4.69, 9.17) is 25.5 Å². The first-order valence-corrected chi connectivity index (χ1v) is 7.58. The maximum atomic E-state index is 12.0. The fourth-order valence-corrected chi connectivity index (χ4v) is 2.40. The molecule has 1 aromatic heterocycles. The van der Waals surface area contributed by atoms with Crippen LogP contribution in [0.5, 0.6) is 5.75 Å². The van der Waals surface area contributed by atoms with E-state index in [1.54, 1.807) is 24.3 Å². The number of aromatic nitrogens is 1. The summed E-state index contributed by atoms with van der Waals surface area (Å²) >= 11 is 5.98. The topological polar surface area (TPSA) is 90.7 Å². The monoisotopic (exact) mass is 360 g/mol. The van der Waals surface area contributed by atoms with Gasteiger partial charge in [-0.05, 0) is 36.4 Å². The molecular weight excluding hydrogens is 348 g/mol. The standard InChI is InChI=1S/C17H13ClN2O5/c1-23-14-5-3-11(7-12(14)18)20-16(21)8-24-17(22)10-2-4-13-15(6-10)25-9-19-13/h2-7,9H,8H2,1H3,(H,20,21). The highest BCUT2D eigenvalue weighted by Crippen LogP contribution is 2.27. The number of anilines is 1. The molecule has 2 aromatic carbocycles.